The first-order valence-corrected chi connectivity index (χ1v) is 7.83. The van der Waals surface area contributed by atoms with E-state index in [0.29, 0.717) is 11.3 Å². The second-order valence-corrected chi connectivity index (χ2v) is 5.24. The van der Waals surface area contributed by atoms with Crippen LogP contribution in [0, 0.1) is 5.82 Å². The molecule has 0 bridgehead atoms. The fraction of sp³-hybridized carbons (Fsp3) is 0.158. The molecule has 0 aliphatic heterocycles. The van der Waals surface area contributed by atoms with E-state index in [1.54, 1.807) is 24.3 Å². The molecule has 2 aromatic rings. The Morgan fingerprint density at radius 1 is 1.04 bits per heavy atom. The molecule has 0 radical (unpaired) electrons. The Hall–Kier alpha value is -3.35. The number of halogens is 1. The maximum absolute atomic E-state index is 13.5. The van der Waals surface area contributed by atoms with E-state index in [1.165, 1.54) is 38.3 Å². The average Bonchev–Trinajstić information content (AvgIpc) is 2.66. The number of hydrazine groups is 1. The molecule has 0 aliphatic carbocycles. The van der Waals surface area contributed by atoms with Gasteiger partial charge >= 0.3 is 0 Å². The quantitative estimate of drug-likeness (QED) is 0.614. The van der Waals surface area contributed by atoms with E-state index in [-0.39, 0.29) is 5.75 Å². The number of nitrogens with one attached hydrogen (secondary N) is 2. The number of carbonyl (C=O) groups excluding carboxylic acids is 2. The summed E-state index contributed by atoms with van der Waals surface area (Å²) in [6.07, 6.45) is 1.81. The molecule has 0 aromatic heterocycles. The van der Waals surface area contributed by atoms with Crippen molar-refractivity contribution >= 4 is 17.9 Å². The molecule has 2 N–H and O–H groups in total. The molecular weight excluding hydrogens is 339 g/mol. The number of amides is 2. The Kier molecular flexibility index (Phi) is 6.73. The summed E-state index contributed by atoms with van der Waals surface area (Å²) in [6.45, 7) is 1.44. The Morgan fingerprint density at radius 2 is 1.69 bits per heavy atom. The number of hydrogen-bond donors (Lipinski definition) is 2. The van der Waals surface area contributed by atoms with Crippen LogP contribution in [0.25, 0.3) is 6.08 Å². The highest BCUT2D eigenvalue weighted by atomic mass is 19.1. The minimum absolute atomic E-state index is 0.0439. The van der Waals surface area contributed by atoms with Gasteiger partial charge in [-0.05, 0) is 31.2 Å². The lowest BCUT2D eigenvalue weighted by molar-refractivity contribution is -0.131. The number of benzene rings is 2. The molecule has 2 rings (SSSR count). The van der Waals surface area contributed by atoms with Gasteiger partial charge in [-0.15, -0.1) is 0 Å². The highest BCUT2D eigenvalue weighted by Crippen LogP contribution is 2.18. The fourth-order valence-corrected chi connectivity index (χ4v) is 2.02. The van der Waals surface area contributed by atoms with Gasteiger partial charge < -0.3 is 9.47 Å². The molecule has 7 heteroatoms. The molecule has 0 fully saturated rings. The van der Waals surface area contributed by atoms with Crippen LogP contribution >= 0.6 is 0 Å². The van der Waals surface area contributed by atoms with Crippen LogP contribution in [0.2, 0.25) is 0 Å². The molecule has 6 nitrogen and oxygen atoms in total. The molecule has 0 aliphatic rings. The van der Waals surface area contributed by atoms with Crippen LogP contribution in [0.4, 0.5) is 4.39 Å². The summed E-state index contributed by atoms with van der Waals surface area (Å²) in [5.74, 6) is -1.16. The Morgan fingerprint density at radius 3 is 2.38 bits per heavy atom. The van der Waals surface area contributed by atoms with Crippen LogP contribution in [0.3, 0.4) is 0 Å². The lowest BCUT2D eigenvalue weighted by Gasteiger charge is -2.15. The lowest BCUT2D eigenvalue weighted by Crippen LogP contribution is -2.46. The van der Waals surface area contributed by atoms with Crippen molar-refractivity contribution in [1.29, 1.82) is 0 Å². The van der Waals surface area contributed by atoms with E-state index in [9.17, 15) is 14.0 Å². The van der Waals surface area contributed by atoms with Gasteiger partial charge in [-0.2, -0.15) is 0 Å². The van der Waals surface area contributed by atoms with Crippen LogP contribution in [-0.2, 0) is 9.59 Å². The van der Waals surface area contributed by atoms with Crippen molar-refractivity contribution in [2.24, 2.45) is 0 Å². The van der Waals surface area contributed by atoms with Gasteiger partial charge in [0.2, 0.25) is 0 Å². The second-order valence-electron chi connectivity index (χ2n) is 5.24. The minimum Gasteiger partial charge on any atom is -0.496 e. The van der Waals surface area contributed by atoms with Crippen molar-refractivity contribution in [1.82, 2.24) is 10.9 Å². The largest absolute Gasteiger partial charge is 0.496 e. The molecule has 1 unspecified atom stereocenters. The van der Waals surface area contributed by atoms with Gasteiger partial charge in [-0.25, -0.2) is 4.39 Å². The zero-order valence-corrected chi connectivity index (χ0v) is 14.4. The summed E-state index contributed by atoms with van der Waals surface area (Å²) in [7, 11) is 1.53. The molecule has 0 saturated carbocycles. The minimum atomic E-state index is -0.995. The van der Waals surface area contributed by atoms with E-state index < -0.39 is 23.7 Å². The number of methoxy groups -OCH3 is 1. The summed E-state index contributed by atoms with van der Waals surface area (Å²) < 4.78 is 23.9. The summed E-state index contributed by atoms with van der Waals surface area (Å²) in [5.41, 5.74) is 5.17. The van der Waals surface area contributed by atoms with Crippen molar-refractivity contribution in [3.63, 3.8) is 0 Å². The van der Waals surface area contributed by atoms with Gasteiger partial charge in [0.25, 0.3) is 11.8 Å². The number of carbonyl (C=O) groups is 2. The summed E-state index contributed by atoms with van der Waals surface area (Å²) in [5, 5.41) is 0. The zero-order chi connectivity index (χ0) is 18.9. The van der Waals surface area contributed by atoms with Crippen molar-refractivity contribution in [3.8, 4) is 11.5 Å². The smallest absolute Gasteiger partial charge is 0.279 e. The van der Waals surface area contributed by atoms with Gasteiger partial charge in [0.1, 0.15) is 5.75 Å². The predicted molar refractivity (Wildman–Crippen MR) is 94.8 cm³/mol. The number of ether oxygens (including phenoxy) is 2. The van der Waals surface area contributed by atoms with Crippen LogP contribution in [0.5, 0.6) is 11.5 Å². The highest BCUT2D eigenvalue weighted by Gasteiger charge is 2.16. The monoisotopic (exact) mass is 358 g/mol. The van der Waals surface area contributed by atoms with Gasteiger partial charge in [-0.1, -0.05) is 30.3 Å². The average molecular weight is 358 g/mol. The predicted octanol–water partition coefficient (Wildman–Crippen LogP) is 2.46. The van der Waals surface area contributed by atoms with Gasteiger partial charge in [-0.3, -0.25) is 20.4 Å². The Balaban J connectivity index is 1.85. The van der Waals surface area contributed by atoms with Crippen LogP contribution in [0.15, 0.2) is 54.6 Å². The SMILES string of the molecule is COc1ccccc1/C=C/C(=O)NNC(=O)C(C)Oc1ccccc1F. The summed E-state index contributed by atoms with van der Waals surface area (Å²) in [6, 6.07) is 12.9. The van der Waals surface area contributed by atoms with Gasteiger partial charge in [0, 0.05) is 11.6 Å². The molecule has 0 saturated heterocycles. The van der Waals surface area contributed by atoms with Crippen molar-refractivity contribution in [3.05, 3.63) is 66.0 Å². The van der Waals surface area contributed by atoms with Crippen molar-refractivity contribution in [2.45, 2.75) is 13.0 Å². The molecule has 2 aromatic carbocycles. The molecular formula is C19H19FN2O4. The molecule has 1 atom stereocenters. The van der Waals surface area contributed by atoms with E-state index in [4.69, 9.17) is 9.47 Å². The number of rotatable bonds is 6. The normalized spacial score (nSPS) is 11.7. The third-order valence-electron chi connectivity index (χ3n) is 3.37. The molecule has 2 amide bonds. The standard InChI is InChI=1S/C19H19FN2O4/c1-13(26-17-10-6-4-8-15(17)20)19(24)22-21-18(23)12-11-14-7-3-5-9-16(14)25-2/h3-13H,1-2H3,(H,21,23)(H,22,24)/b12-11+. The Bertz CT molecular complexity index is 808. The van der Waals surface area contributed by atoms with E-state index in [1.807, 2.05) is 12.1 Å². The van der Waals surface area contributed by atoms with Gasteiger partial charge in [0.05, 0.1) is 7.11 Å². The number of hydrogen-bond acceptors (Lipinski definition) is 4. The van der Waals surface area contributed by atoms with Crippen molar-refractivity contribution in [2.75, 3.05) is 7.11 Å². The summed E-state index contributed by atoms with van der Waals surface area (Å²) >= 11 is 0. The Labute approximate surface area is 150 Å². The summed E-state index contributed by atoms with van der Waals surface area (Å²) in [4.78, 5) is 23.7. The first-order chi connectivity index (χ1) is 12.5. The number of para-hydroxylation sites is 2. The van der Waals surface area contributed by atoms with Crippen LogP contribution < -0.4 is 20.3 Å². The maximum Gasteiger partial charge on any atom is 0.279 e. The topological polar surface area (TPSA) is 76.7 Å². The first kappa shape index (κ1) is 19.0. The third-order valence-corrected chi connectivity index (χ3v) is 3.37. The highest BCUT2D eigenvalue weighted by molar-refractivity contribution is 5.93. The third kappa shape index (κ3) is 5.34. The van der Waals surface area contributed by atoms with E-state index in [2.05, 4.69) is 10.9 Å². The van der Waals surface area contributed by atoms with E-state index in [0.717, 1.165) is 0 Å². The zero-order valence-electron chi connectivity index (χ0n) is 14.4. The maximum atomic E-state index is 13.5. The van der Waals surface area contributed by atoms with Crippen molar-refractivity contribution < 1.29 is 23.5 Å². The second kappa shape index (κ2) is 9.22. The first-order valence-electron chi connectivity index (χ1n) is 7.83. The van der Waals surface area contributed by atoms with Crippen LogP contribution in [-0.4, -0.2) is 25.0 Å². The van der Waals surface area contributed by atoms with E-state index >= 15 is 0 Å². The molecule has 136 valence electrons. The lowest BCUT2D eigenvalue weighted by atomic mass is 10.2. The molecule has 26 heavy (non-hydrogen) atoms. The van der Waals surface area contributed by atoms with Crippen LogP contribution in [0.1, 0.15) is 12.5 Å². The van der Waals surface area contributed by atoms with Gasteiger partial charge in [0.15, 0.2) is 17.7 Å². The molecule has 0 spiro atoms. The molecule has 0 heterocycles. The fourth-order valence-electron chi connectivity index (χ4n) is 2.02.